The Balaban J connectivity index is 2.47. The Labute approximate surface area is 70.8 Å². The molecule has 1 N–H and O–H groups in total. The van der Waals surface area contributed by atoms with Crippen LogP contribution in [-0.4, -0.2) is 48.7 Å². The number of aliphatic hydroxyl groups excluding tert-OH is 1. The molecule has 66 valence electrons. The fourth-order valence-electron chi connectivity index (χ4n) is 0.870. The minimum Gasteiger partial charge on any atom is -0.390 e. The van der Waals surface area contributed by atoms with Gasteiger partial charge < -0.3 is 5.11 Å². The third kappa shape index (κ3) is 2.05. The van der Waals surface area contributed by atoms with Crippen LogP contribution in [0.4, 0.5) is 0 Å². The van der Waals surface area contributed by atoms with Crippen LogP contribution in [0.1, 0.15) is 0 Å². The van der Waals surface area contributed by atoms with Crippen molar-refractivity contribution >= 4 is 21.6 Å². The zero-order valence-electron chi connectivity index (χ0n) is 5.90. The van der Waals surface area contributed by atoms with Crippen molar-refractivity contribution in [3.63, 3.8) is 0 Å². The molecule has 0 spiro atoms. The van der Waals surface area contributed by atoms with E-state index in [9.17, 15) is 8.42 Å². The van der Waals surface area contributed by atoms with Crippen molar-refractivity contribution in [3.05, 3.63) is 0 Å². The van der Waals surface area contributed by atoms with Gasteiger partial charge in [0, 0.05) is 19.0 Å². The number of rotatable bonds is 3. The van der Waals surface area contributed by atoms with Gasteiger partial charge in [-0.1, -0.05) is 0 Å². The first kappa shape index (κ1) is 9.25. The van der Waals surface area contributed by atoms with Crippen LogP contribution in [0.25, 0.3) is 0 Å². The Hall–Kier alpha value is 0.160. The summed E-state index contributed by atoms with van der Waals surface area (Å²) in [6.45, 7) is 0.443. The number of halogens is 1. The fraction of sp³-hybridized carbons (Fsp3) is 1.00. The molecule has 0 aliphatic carbocycles. The standard InChI is InChI=1S/C5H10ClNO3S/c6-1-2-11(9,10)7-3-5(8)4-7/h5,8H,1-4H2. The van der Waals surface area contributed by atoms with E-state index < -0.39 is 16.1 Å². The Bertz CT molecular complexity index is 222. The molecule has 0 aromatic carbocycles. The predicted molar refractivity (Wildman–Crippen MR) is 42.1 cm³/mol. The van der Waals surface area contributed by atoms with E-state index in [4.69, 9.17) is 16.7 Å². The van der Waals surface area contributed by atoms with Crippen molar-refractivity contribution in [1.29, 1.82) is 0 Å². The first-order chi connectivity index (χ1) is 5.06. The zero-order valence-corrected chi connectivity index (χ0v) is 7.48. The number of alkyl halides is 1. The molecule has 0 unspecified atom stereocenters. The number of β-amino-alcohol motifs (C(OH)–C–C–N with tert-alkyl or cyclic N) is 1. The highest BCUT2D eigenvalue weighted by Gasteiger charge is 2.33. The molecular formula is C5H10ClNO3S. The first-order valence-electron chi connectivity index (χ1n) is 3.28. The molecule has 0 radical (unpaired) electrons. The van der Waals surface area contributed by atoms with Gasteiger partial charge in [0.15, 0.2) is 0 Å². The predicted octanol–water partition coefficient (Wildman–Crippen LogP) is -0.769. The lowest BCUT2D eigenvalue weighted by molar-refractivity contribution is 0.0549. The molecule has 0 atom stereocenters. The summed E-state index contributed by atoms with van der Waals surface area (Å²) in [4.78, 5) is 0. The van der Waals surface area contributed by atoms with Gasteiger partial charge >= 0.3 is 0 Å². The second kappa shape index (κ2) is 3.26. The third-order valence-corrected chi connectivity index (χ3v) is 3.78. The maximum atomic E-state index is 11.1. The highest BCUT2D eigenvalue weighted by molar-refractivity contribution is 7.89. The van der Waals surface area contributed by atoms with E-state index in [1.54, 1.807) is 0 Å². The molecule has 1 fully saturated rings. The Morgan fingerprint density at radius 2 is 2.09 bits per heavy atom. The second-order valence-corrected chi connectivity index (χ2v) is 4.94. The van der Waals surface area contributed by atoms with Crippen LogP contribution in [0.15, 0.2) is 0 Å². The third-order valence-electron chi connectivity index (χ3n) is 1.56. The molecule has 1 saturated heterocycles. The minimum atomic E-state index is -3.17. The summed E-state index contributed by atoms with van der Waals surface area (Å²) >= 11 is 5.28. The normalized spacial score (nSPS) is 21.6. The van der Waals surface area contributed by atoms with E-state index in [0.29, 0.717) is 0 Å². The molecule has 1 aliphatic heterocycles. The van der Waals surface area contributed by atoms with E-state index >= 15 is 0 Å². The Morgan fingerprint density at radius 1 is 1.55 bits per heavy atom. The van der Waals surface area contributed by atoms with E-state index in [1.807, 2.05) is 0 Å². The van der Waals surface area contributed by atoms with Gasteiger partial charge in [0.25, 0.3) is 0 Å². The number of aliphatic hydroxyl groups is 1. The van der Waals surface area contributed by atoms with Crippen molar-refractivity contribution < 1.29 is 13.5 Å². The van der Waals surface area contributed by atoms with Gasteiger partial charge in [0.2, 0.25) is 10.0 Å². The smallest absolute Gasteiger partial charge is 0.215 e. The summed E-state index contributed by atoms with van der Waals surface area (Å²) in [6, 6.07) is 0. The van der Waals surface area contributed by atoms with Crippen LogP contribution < -0.4 is 0 Å². The summed E-state index contributed by atoms with van der Waals surface area (Å²) < 4.78 is 23.4. The molecule has 4 nitrogen and oxygen atoms in total. The van der Waals surface area contributed by atoms with Gasteiger partial charge in [-0.15, -0.1) is 11.6 Å². The van der Waals surface area contributed by atoms with E-state index in [0.717, 1.165) is 0 Å². The molecule has 1 rings (SSSR count). The number of sulfonamides is 1. The lowest BCUT2D eigenvalue weighted by atomic mass is 10.2. The Morgan fingerprint density at radius 3 is 2.45 bits per heavy atom. The quantitative estimate of drug-likeness (QED) is 0.608. The van der Waals surface area contributed by atoms with Crippen molar-refractivity contribution in [2.75, 3.05) is 24.7 Å². The molecule has 11 heavy (non-hydrogen) atoms. The molecule has 0 amide bonds. The molecule has 0 saturated carbocycles. The van der Waals surface area contributed by atoms with Gasteiger partial charge in [-0.2, -0.15) is 4.31 Å². The first-order valence-corrected chi connectivity index (χ1v) is 5.42. The largest absolute Gasteiger partial charge is 0.390 e. The SMILES string of the molecule is O=S(=O)(CCCl)N1CC(O)C1. The maximum absolute atomic E-state index is 11.1. The molecule has 0 aromatic heterocycles. The van der Waals surface area contributed by atoms with Crippen LogP contribution in [0.5, 0.6) is 0 Å². The molecule has 0 bridgehead atoms. The van der Waals surface area contributed by atoms with E-state index in [-0.39, 0.29) is 24.7 Å². The summed E-state index contributed by atoms with van der Waals surface area (Å²) in [5.74, 6) is 0.0657. The fourth-order valence-corrected chi connectivity index (χ4v) is 2.71. The van der Waals surface area contributed by atoms with Gasteiger partial charge in [-0.05, 0) is 0 Å². The number of nitrogens with zero attached hydrogens (tertiary/aromatic N) is 1. The van der Waals surface area contributed by atoms with E-state index in [1.165, 1.54) is 4.31 Å². The van der Waals surface area contributed by atoms with Crippen molar-refractivity contribution in [2.45, 2.75) is 6.10 Å². The van der Waals surface area contributed by atoms with E-state index in [2.05, 4.69) is 0 Å². The van der Waals surface area contributed by atoms with Crippen molar-refractivity contribution in [3.8, 4) is 0 Å². The second-order valence-electron chi connectivity index (χ2n) is 2.48. The summed E-state index contributed by atoms with van der Waals surface area (Å²) in [6.07, 6.45) is -0.486. The minimum absolute atomic E-state index is 0.0404. The summed E-state index contributed by atoms with van der Waals surface area (Å²) in [7, 11) is -3.17. The topological polar surface area (TPSA) is 57.6 Å². The van der Waals surface area contributed by atoms with Crippen LogP contribution in [0, 0.1) is 0 Å². The van der Waals surface area contributed by atoms with Crippen LogP contribution in [0.2, 0.25) is 0 Å². The van der Waals surface area contributed by atoms with Crippen molar-refractivity contribution in [2.24, 2.45) is 0 Å². The monoisotopic (exact) mass is 199 g/mol. The molecular weight excluding hydrogens is 190 g/mol. The lowest BCUT2D eigenvalue weighted by Gasteiger charge is -2.34. The van der Waals surface area contributed by atoms with Gasteiger partial charge in [0.05, 0.1) is 11.9 Å². The van der Waals surface area contributed by atoms with Crippen LogP contribution in [0.3, 0.4) is 0 Å². The van der Waals surface area contributed by atoms with Crippen molar-refractivity contribution in [1.82, 2.24) is 4.31 Å². The number of hydrogen-bond donors (Lipinski definition) is 1. The van der Waals surface area contributed by atoms with Crippen LogP contribution in [-0.2, 0) is 10.0 Å². The zero-order chi connectivity index (χ0) is 8.48. The van der Waals surface area contributed by atoms with Gasteiger partial charge in [-0.3, -0.25) is 0 Å². The summed E-state index contributed by atoms with van der Waals surface area (Å²) in [5, 5.41) is 8.81. The highest BCUT2D eigenvalue weighted by atomic mass is 35.5. The molecule has 1 aliphatic rings. The number of hydrogen-bond acceptors (Lipinski definition) is 3. The molecule has 1 heterocycles. The average Bonchev–Trinajstić information content (AvgIpc) is 1.81. The summed E-state index contributed by atoms with van der Waals surface area (Å²) in [5.41, 5.74) is 0. The highest BCUT2D eigenvalue weighted by Crippen LogP contribution is 2.13. The van der Waals surface area contributed by atoms with Crippen LogP contribution >= 0.6 is 11.6 Å². The maximum Gasteiger partial charge on any atom is 0.215 e. The molecule has 0 aromatic rings. The molecule has 6 heteroatoms. The lowest BCUT2D eigenvalue weighted by Crippen LogP contribution is -2.54. The average molecular weight is 200 g/mol. The van der Waals surface area contributed by atoms with Gasteiger partial charge in [0.1, 0.15) is 0 Å². The van der Waals surface area contributed by atoms with Gasteiger partial charge in [-0.25, -0.2) is 8.42 Å². The Kier molecular flexibility index (Phi) is 2.74.